The van der Waals surface area contributed by atoms with Crippen molar-refractivity contribution < 1.29 is 8.83 Å². The summed E-state index contributed by atoms with van der Waals surface area (Å²) in [7, 11) is 0. The van der Waals surface area contributed by atoms with Crippen molar-refractivity contribution in [3.8, 4) is 22.5 Å². The number of nitrogens with zero attached hydrogens (tertiary/aromatic N) is 2. The lowest BCUT2D eigenvalue weighted by Gasteiger charge is -2.13. The molecule has 12 rings (SSSR count). The quantitative estimate of drug-likeness (QED) is 0.188. The van der Waals surface area contributed by atoms with E-state index >= 15 is 0 Å². The van der Waals surface area contributed by atoms with Crippen molar-refractivity contribution >= 4 is 87.5 Å². The molecule has 0 aliphatic rings. The van der Waals surface area contributed by atoms with Gasteiger partial charge in [0.15, 0.2) is 0 Å². The molecule has 0 amide bonds. The molecule has 4 heterocycles. The van der Waals surface area contributed by atoms with Crippen LogP contribution in [0.1, 0.15) is 0 Å². The largest absolute Gasteiger partial charge is 0.456 e. The molecule has 0 bridgehead atoms. The molecule has 0 saturated carbocycles. The van der Waals surface area contributed by atoms with Crippen LogP contribution in [-0.4, -0.2) is 9.13 Å². The van der Waals surface area contributed by atoms with E-state index in [1.165, 1.54) is 43.4 Å². The van der Waals surface area contributed by atoms with E-state index in [1.807, 2.05) is 12.1 Å². The van der Waals surface area contributed by atoms with Crippen molar-refractivity contribution in [3.63, 3.8) is 0 Å². The number of hydrogen-bond acceptors (Lipinski definition) is 2. The van der Waals surface area contributed by atoms with Gasteiger partial charge in [-0.2, -0.15) is 0 Å². The summed E-state index contributed by atoms with van der Waals surface area (Å²) in [6.45, 7) is 0. The molecule has 8 aromatic carbocycles. The number of hydrogen-bond donors (Lipinski definition) is 0. The van der Waals surface area contributed by atoms with Crippen LogP contribution in [0.3, 0.4) is 0 Å². The Kier molecular flexibility index (Phi) is 5.47. The van der Waals surface area contributed by atoms with Gasteiger partial charge in [0.05, 0.1) is 22.1 Å². The van der Waals surface area contributed by atoms with Gasteiger partial charge in [0.2, 0.25) is 0 Å². The lowest BCUT2D eigenvalue weighted by molar-refractivity contribution is 0.669. The maximum Gasteiger partial charge on any atom is 0.136 e. The first-order chi connectivity index (χ1) is 25.8. The molecule has 0 aliphatic heterocycles. The van der Waals surface area contributed by atoms with Gasteiger partial charge in [-0.1, -0.05) is 97.1 Å². The van der Waals surface area contributed by atoms with Crippen LogP contribution in [-0.2, 0) is 0 Å². The van der Waals surface area contributed by atoms with E-state index in [1.54, 1.807) is 0 Å². The van der Waals surface area contributed by atoms with Gasteiger partial charge in [-0.3, -0.25) is 0 Å². The second-order valence-electron chi connectivity index (χ2n) is 13.7. The first kappa shape index (κ1) is 27.7. The fourth-order valence-electron chi connectivity index (χ4n) is 8.75. The first-order valence-electron chi connectivity index (χ1n) is 17.7. The van der Waals surface area contributed by atoms with Crippen molar-refractivity contribution in [1.82, 2.24) is 9.13 Å². The number of fused-ring (bicyclic) bond motifs is 14. The zero-order valence-electron chi connectivity index (χ0n) is 27.9. The number of aromatic nitrogens is 2. The summed E-state index contributed by atoms with van der Waals surface area (Å²) < 4.78 is 17.4. The van der Waals surface area contributed by atoms with Crippen LogP contribution < -0.4 is 0 Å². The van der Waals surface area contributed by atoms with E-state index in [-0.39, 0.29) is 0 Å². The molecular formula is C48H28N2O2. The van der Waals surface area contributed by atoms with Gasteiger partial charge in [-0.25, -0.2) is 0 Å². The third-order valence-electron chi connectivity index (χ3n) is 10.9. The predicted molar refractivity (Wildman–Crippen MR) is 215 cm³/mol. The highest BCUT2D eigenvalue weighted by Crippen LogP contribution is 2.43. The van der Waals surface area contributed by atoms with E-state index in [0.717, 1.165) is 66.6 Å². The van der Waals surface area contributed by atoms with Gasteiger partial charge >= 0.3 is 0 Å². The minimum absolute atomic E-state index is 0.911. The van der Waals surface area contributed by atoms with Gasteiger partial charge in [-0.15, -0.1) is 0 Å². The monoisotopic (exact) mass is 664 g/mol. The van der Waals surface area contributed by atoms with Crippen LogP contribution in [0.2, 0.25) is 0 Å². The van der Waals surface area contributed by atoms with Crippen molar-refractivity contribution in [1.29, 1.82) is 0 Å². The lowest BCUT2D eigenvalue weighted by atomic mass is 10.0. The van der Waals surface area contributed by atoms with Crippen molar-refractivity contribution in [2.75, 3.05) is 0 Å². The van der Waals surface area contributed by atoms with Gasteiger partial charge in [0.1, 0.15) is 22.3 Å². The molecule has 0 radical (unpaired) electrons. The first-order valence-corrected chi connectivity index (χ1v) is 17.7. The molecule has 242 valence electrons. The average molecular weight is 665 g/mol. The van der Waals surface area contributed by atoms with Gasteiger partial charge < -0.3 is 18.0 Å². The minimum Gasteiger partial charge on any atom is -0.456 e. The topological polar surface area (TPSA) is 36.1 Å². The highest BCUT2D eigenvalue weighted by molar-refractivity contribution is 6.28. The molecule has 4 aromatic heterocycles. The number of benzene rings is 8. The molecule has 0 N–H and O–H groups in total. The van der Waals surface area contributed by atoms with Crippen LogP contribution in [0.5, 0.6) is 0 Å². The molecule has 0 unspecified atom stereocenters. The molecule has 4 nitrogen and oxygen atoms in total. The zero-order valence-corrected chi connectivity index (χ0v) is 27.9. The molecule has 0 spiro atoms. The van der Waals surface area contributed by atoms with Crippen LogP contribution in [0.15, 0.2) is 179 Å². The van der Waals surface area contributed by atoms with E-state index in [2.05, 4.69) is 167 Å². The summed E-state index contributed by atoms with van der Waals surface area (Å²) in [5, 5.41) is 9.48. The van der Waals surface area contributed by atoms with Crippen LogP contribution in [0.25, 0.3) is 110 Å². The molecule has 0 fully saturated rings. The molecule has 12 aromatic rings. The average Bonchev–Trinajstić information content (AvgIpc) is 3.95. The standard InChI is InChI=1S/C48H28N2O2/c1-5-19-37-33(15-1)45-39(23-25-43-47(45)35-17-3-7-21-41(35)51-43)49(37)31-13-9-11-29(27-31)30-12-10-14-32(28-30)50-38-20-6-2-16-34(38)46-40(50)24-26-44-48(46)36-18-4-8-22-42(36)52-44/h1-28H. The Hall–Kier alpha value is -7.04. The zero-order chi connectivity index (χ0) is 33.9. The van der Waals surface area contributed by atoms with Crippen molar-refractivity contribution in [2.24, 2.45) is 0 Å². The number of rotatable bonds is 3. The lowest BCUT2D eigenvalue weighted by Crippen LogP contribution is -1.96. The van der Waals surface area contributed by atoms with E-state index < -0.39 is 0 Å². The Bertz CT molecular complexity index is 3190. The van der Waals surface area contributed by atoms with Gasteiger partial charge in [0, 0.05) is 54.5 Å². The Labute approximate surface area is 296 Å². The molecule has 52 heavy (non-hydrogen) atoms. The second-order valence-corrected chi connectivity index (χ2v) is 13.7. The maximum atomic E-state index is 6.32. The fraction of sp³-hybridized carbons (Fsp3) is 0. The van der Waals surface area contributed by atoms with E-state index in [0.29, 0.717) is 0 Å². The van der Waals surface area contributed by atoms with Crippen LogP contribution >= 0.6 is 0 Å². The van der Waals surface area contributed by atoms with Gasteiger partial charge in [-0.05, 0) is 83.9 Å². The molecular weight excluding hydrogens is 637 g/mol. The summed E-state index contributed by atoms with van der Waals surface area (Å²) in [6.07, 6.45) is 0. The molecule has 4 heteroatoms. The summed E-state index contributed by atoms with van der Waals surface area (Å²) in [5.74, 6) is 0. The smallest absolute Gasteiger partial charge is 0.136 e. The maximum absolute atomic E-state index is 6.32. The van der Waals surface area contributed by atoms with Crippen molar-refractivity contribution in [2.45, 2.75) is 0 Å². The third kappa shape index (κ3) is 3.70. The summed E-state index contributed by atoms with van der Waals surface area (Å²) in [4.78, 5) is 0. The van der Waals surface area contributed by atoms with E-state index in [9.17, 15) is 0 Å². The molecule has 0 saturated heterocycles. The number of furan rings is 2. The number of para-hydroxylation sites is 4. The summed E-state index contributed by atoms with van der Waals surface area (Å²) in [6, 6.07) is 60.6. The Morgan fingerprint density at radius 3 is 1.19 bits per heavy atom. The second kappa shape index (κ2) is 10.3. The summed E-state index contributed by atoms with van der Waals surface area (Å²) >= 11 is 0. The fourth-order valence-corrected chi connectivity index (χ4v) is 8.75. The Morgan fingerprint density at radius 1 is 0.288 bits per heavy atom. The normalized spacial score (nSPS) is 12.2. The third-order valence-corrected chi connectivity index (χ3v) is 10.9. The minimum atomic E-state index is 0.911. The molecule has 0 aliphatic carbocycles. The SMILES string of the molecule is c1cc(-c2cccc(-n3c4ccccc4c4c5c(ccc43)oc3ccccc35)c2)cc(-n2c3ccccc3c3c4c(ccc32)oc2ccccc24)c1. The van der Waals surface area contributed by atoms with Crippen molar-refractivity contribution in [3.05, 3.63) is 170 Å². The highest BCUT2D eigenvalue weighted by atomic mass is 16.3. The van der Waals surface area contributed by atoms with Crippen LogP contribution in [0.4, 0.5) is 0 Å². The van der Waals surface area contributed by atoms with E-state index in [4.69, 9.17) is 8.83 Å². The predicted octanol–water partition coefficient (Wildman–Crippen LogP) is 13.3. The highest BCUT2D eigenvalue weighted by Gasteiger charge is 2.20. The Morgan fingerprint density at radius 2 is 0.712 bits per heavy atom. The van der Waals surface area contributed by atoms with Gasteiger partial charge in [0.25, 0.3) is 0 Å². The molecule has 0 atom stereocenters. The summed E-state index contributed by atoms with van der Waals surface area (Å²) in [5.41, 5.74) is 12.9. The Balaban J connectivity index is 1.06. The van der Waals surface area contributed by atoms with Crippen LogP contribution in [0, 0.1) is 0 Å².